The van der Waals surface area contributed by atoms with Crippen LogP contribution in [0.4, 0.5) is 0 Å². The van der Waals surface area contributed by atoms with Crippen LogP contribution in [0.25, 0.3) is 0 Å². The van der Waals surface area contributed by atoms with Crippen molar-refractivity contribution in [2.24, 2.45) is 0 Å². The van der Waals surface area contributed by atoms with Crippen LogP contribution < -0.4 is 5.32 Å². The monoisotopic (exact) mass is 171 g/mol. The van der Waals surface area contributed by atoms with Crippen molar-refractivity contribution in [3.63, 3.8) is 0 Å². The van der Waals surface area contributed by atoms with E-state index >= 15 is 0 Å². The number of nitrogens with one attached hydrogen (secondary N) is 1. The molecule has 0 spiro atoms. The third-order valence-electron chi connectivity index (χ3n) is 2.68. The maximum Gasteiger partial charge on any atom is 0.0300 e. The number of hydrogen-bond donors (Lipinski definition) is 1. The molecule has 0 bridgehead atoms. The summed E-state index contributed by atoms with van der Waals surface area (Å²) in [5, 5.41) is 5.30. The highest BCUT2D eigenvalue weighted by Crippen LogP contribution is 2.31. The molecule has 2 heteroatoms. The van der Waals surface area contributed by atoms with Crippen molar-refractivity contribution in [1.29, 1.82) is 0 Å². The third-order valence-corrected chi connectivity index (χ3v) is 4.26. The maximum atomic E-state index is 3.33. The second kappa shape index (κ2) is 3.81. The molecule has 1 nitrogen and oxygen atoms in total. The number of hydrogen-bond acceptors (Lipinski definition) is 2. The van der Waals surface area contributed by atoms with E-state index in [2.05, 4.69) is 17.1 Å². The average molecular weight is 171 g/mol. The van der Waals surface area contributed by atoms with Gasteiger partial charge in [0.1, 0.15) is 0 Å². The van der Waals surface area contributed by atoms with E-state index in [4.69, 9.17) is 0 Å². The summed E-state index contributed by atoms with van der Waals surface area (Å²) >= 11 is 2.24. The first kappa shape index (κ1) is 7.93. The largest absolute Gasteiger partial charge is 0.314 e. The molecule has 0 aromatic rings. The molecule has 1 heterocycles. The van der Waals surface area contributed by atoms with Gasteiger partial charge in [0, 0.05) is 23.6 Å². The minimum absolute atomic E-state index is 0.957. The van der Waals surface area contributed by atoms with Crippen LogP contribution in [-0.2, 0) is 0 Å². The molecule has 11 heavy (non-hydrogen) atoms. The summed E-state index contributed by atoms with van der Waals surface area (Å²) in [7, 11) is 0. The molecule has 0 atom stereocenters. The van der Waals surface area contributed by atoms with Crippen LogP contribution in [0.1, 0.15) is 32.1 Å². The Hall–Kier alpha value is 0.310. The second-order valence-corrected chi connectivity index (χ2v) is 5.28. The lowest BCUT2D eigenvalue weighted by Gasteiger charge is -2.31. The molecular weight excluding hydrogens is 154 g/mol. The van der Waals surface area contributed by atoms with Gasteiger partial charge >= 0.3 is 0 Å². The Morgan fingerprint density at radius 3 is 2.18 bits per heavy atom. The topological polar surface area (TPSA) is 12.0 Å². The SMILES string of the molecule is C1CCC(SC2CNC2)CC1. The zero-order valence-corrected chi connectivity index (χ0v) is 7.83. The van der Waals surface area contributed by atoms with Crippen molar-refractivity contribution < 1.29 is 0 Å². The molecule has 1 saturated heterocycles. The predicted octanol–water partition coefficient (Wildman–Crippen LogP) is 2.02. The van der Waals surface area contributed by atoms with E-state index in [9.17, 15) is 0 Å². The molecule has 0 aromatic carbocycles. The van der Waals surface area contributed by atoms with Crippen molar-refractivity contribution in [2.75, 3.05) is 13.1 Å². The van der Waals surface area contributed by atoms with E-state index in [1.54, 1.807) is 0 Å². The fourth-order valence-corrected chi connectivity index (χ4v) is 3.41. The van der Waals surface area contributed by atoms with E-state index in [1.807, 2.05) is 0 Å². The van der Waals surface area contributed by atoms with Crippen molar-refractivity contribution in [3.05, 3.63) is 0 Å². The van der Waals surface area contributed by atoms with Crippen molar-refractivity contribution in [3.8, 4) is 0 Å². The first-order chi connectivity index (χ1) is 5.45. The zero-order valence-electron chi connectivity index (χ0n) is 7.01. The van der Waals surface area contributed by atoms with Crippen LogP contribution >= 0.6 is 11.8 Å². The van der Waals surface area contributed by atoms with E-state index in [-0.39, 0.29) is 0 Å². The Labute approximate surface area is 73.3 Å². The highest BCUT2D eigenvalue weighted by molar-refractivity contribution is 8.00. The quantitative estimate of drug-likeness (QED) is 0.682. The van der Waals surface area contributed by atoms with Gasteiger partial charge in [0.05, 0.1) is 0 Å². The average Bonchev–Trinajstić information content (AvgIpc) is 1.99. The van der Waals surface area contributed by atoms with Crippen LogP contribution in [-0.4, -0.2) is 23.6 Å². The minimum Gasteiger partial charge on any atom is -0.314 e. The van der Waals surface area contributed by atoms with Gasteiger partial charge in [-0.3, -0.25) is 0 Å². The van der Waals surface area contributed by atoms with E-state index in [0.717, 1.165) is 10.5 Å². The van der Waals surface area contributed by atoms with E-state index in [1.165, 1.54) is 45.2 Å². The lowest BCUT2D eigenvalue weighted by atomic mass is 10.0. The van der Waals surface area contributed by atoms with Crippen LogP contribution in [0.2, 0.25) is 0 Å². The minimum atomic E-state index is 0.957. The first-order valence-corrected chi connectivity index (χ1v) is 5.75. The molecule has 0 aromatic heterocycles. The van der Waals surface area contributed by atoms with Gasteiger partial charge in [0.25, 0.3) is 0 Å². The van der Waals surface area contributed by atoms with Crippen molar-refractivity contribution >= 4 is 11.8 Å². The molecule has 2 aliphatic rings. The Morgan fingerprint density at radius 2 is 1.64 bits per heavy atom. The van der Waals surface area contributed by atoms with Crippen LogP contribution in [0, 0.1) is 0 Å². The Balaban J connectivity index is 1.67. The van der Waals surface area contributed by atoms with Crippen molar-refractivity contribution in [1.82, 2.24) is 5.32 Å². The fraction of sp³-hybridized carbons (Fsp3) is 1.00. The Morgan fingerprint density at radius 1 is 0.909 bits per heavy atom. The summed E-state index contributed by atoms with van der Waals surface area (Å²) < 4.78 is 0. The molecule has 1 aliphatic heterocycles. The standard InChI is InChI=1S/C9H17NS/c1-2-4-8(5-3-1)11-9-6-10-7-9/h8-10H,1-7H2. The maximum absolute atomic E-state index is 3.33. The normalized spacial score (nSPS) is 28.4. The van der Waals surface area contributed by atoms with Crippen LogP contribution in [0.3, 0.4) is 0 Å². The van der Waals surface area contributed by atoms with Gasteiger partial charge < -0.3 is 5.32 Å². The van der Waals surface area contributed by atoms with Crippen molar-refractivity contribution in [2.45, 2.75) is 42.6 Å². The summed E-state index contributed by atoms with van der Waals surface area (Å²) in [5.74, 6) is 0. The number of thioether (sulfide) groups is 1. The summed E-state index contributed by atoms with van der Waals surface area (Å²) in [6, 6.07) is 0. The van der Waals surface area contributed by atoms with Crippen LogP contribution in [0.5, 0.6) is 0 Å². The molecule has 0 unspecified atom stereocenters. The van der Waals surface area contributed by atoms with Gasteiger partial charge in [-0.25, -0.2) is 0 Å². The van der Waals surface area contributed by atoms with Crippen LogP contribution in [0.15, 0.2) is 0 Å². The van der Waals surface area contributed by atoms with E-state index < -0.39 is 0 Å². The molecule has 0 radical (unpaired) electrons. The lowest BCUT2D eigenvalue weighted by molar-refractivity contribution is 0.502. The summed E-state index contributed by atoms with van der Waals surface area (Å²) in [5.41, 5.74) is 0. The molecule has 1 saturated carbocycles. The van der Waals surface area contributed by atoms with Gasteiger partial charge in [0.15, 0.2) is 0 Å². The van der Waals surface area contributed by atoms with Gasteiger partial charge in [-0.2, -0.15) is 11.8 Å². The van der Waals surface area contributed by atoms with Gasteiger partial charge in [-0.05, 0) is 12.8 Å². The molecule has 2 fully saturated rings. The summed E-state index contributed by atoms with van der Waals surface area (Å²) in [6.45, 7) is 2.53. The highest BCUT2D eigenvalue weighted by atomic mass is 32.2. The smallest absolute Gasteiger partial charge is 0.0300 e. The van der Waals surface area contributed by atoms with E-state index in [0.29, 0.717) is 0 Å². The van der Waals surface area contributed by atoms with Gasteiger partial charge in [-0.1, -0.05) is 19.3 Å². The Kier molecular flexibility index (Phi) is 2.75. The second-order valence-electron chi connectivity index (χ2n) is 3.68. The zero-order chi connectivity index (χ0) is 7.52. The lowest BCUT2D eigenvalue weighted by Crippen LogP contribution is -2.45. The molecule has 64 valence electrons. The molecule has 1 aliphatic carbocycles. The summed E-state index contributed by atoms with van der Waals surface area (Å²) in [6.07, 6.45) is 7.43. The summed E-state index contributed by atoms with van der Waals surface area (Å²) in [4.78, 5) is 0. The highest BCUT2D eigenvalue weighted by Gasteiger charge is 2.23. The molecule has 0 amide bonds. The molecular formula is C9H17NS. The number of rotatable bonds is 2. The molecule has 2 rings (SSSR count). The third kappa shape index (κ3) is 2.12. The molecule has 1 N–H and O–H groups in total. The first-order valence-electron chi connectivity index (χ1n) is 4.81. The van der Waals surface area contributed by atoms with Gasteiger partial charge in [0.2, 0.25) is 0 Å². The van der Waals surface area contributed by atoms with Gasteiger partial charge in [-0.15, -0.1) is 0 Å². The fourth-order valence-electron chi connectivity index (χ4n) is 1.83. The predicted molar refractivity (Wildman–Crippen MR) is 51.1 cm³/mol. The Bertz CT molecular complexity index is 117.